The summed E-state index contributed by atoms with van der Waals surface area (Å²) >= 11 is 0. The number of anilines is 2. The predicted molar refractivity (Wildman–Crippen MR) is 103 cm³/mol. The van der Waals surface area contributed by atoms with Crippen LogP contribution in [0.5, 0.6) is 0 Å². The van der Waals surface area contributed by atoms with E-state index in [0.29, 0.717) is 43.5 Å². The van der Waals surface area contributed by atoms with Gasteiger partial charge >= 0.3 is 6.18 Å². The van der Waals surface area contributed by atoms with Gasteiger partial charge in [-0.15, -0.1) is 0 Å². The molecule has 150 valence electrons. The summed E-state index contributed by atoms with van der Waals surface area (Å²) < 4.78 is 44.8. The summed E-state index contributed by atoms with van der Waals surface area (Å²) in [5.41, 5.74) is 1.40. The van der Waals surface area contributed by atoms with Crippen molar-refractivity contribution in [1.82, 2.24) is 0 Å². The van der Waals surface area contributed by atoms with Crippen LogP contribution in [0.3, 0.4) is 0 Å². The van der Waals surface area contributed by atoms with Gasteiger partial charge in [-0.25, -0.2) is 0 Å². The standard InChI is InChI=1S/C21H23F3N2O2/c1-14(2)15-3-5-16(6-4-15)20(27)25-18-13-17(21(22,23)24)7-8-19(18)26-9-11-28-12-10-26/h3-8,13-14H,9-12H2,1-2H3,(H,25,27). The van der Waals surface area contributed by atoms with Crippen LogP contribution in [0.25, 0.3) is 0 Å². The third-order valence-electron chi connectivity index (χ3n) is 4.76. The Morgan fingerprint density at radius 2 is 1.71 bits per heavy atom. The van der Waals surface area contributed by atoms with Crippen molar-refractivity contribution in [2.45, 2.75) is 25.9 Å². The molecule has 1 aliphatic rings. The number of ether oxygens (including phenoxy) is 1. The molecule has 1 fully saturated rings. The van der Waals surface area contributed by atoms with E-state index in [4.69, 9.17) is 4.74 Å². The van der Waals surface area contributed by atoms with E-state index < -0.39 is 17.6 Å². The van der Waals surface area contributed by atoms with Crippen LogP contribution in [0.2, 0.25) is 0 Å². The topological polar surface area (TPSA) is 41.6 Å². The molecule has 1 heterocycles. The van der Waals surface area contributed by atoms with Gasteiger partial charge in [-0.2, -0.15) is 13.2 Å². The normalized spacial score (nSPS) is 15.0. The van der Waals surface area contributed by atoms with Gasteiger partial charge in [-0.05, 0) is 41.8 Å². The van der Waals surface area contributed by atoms with Gasteiger partial charge in [0.15, 0.2) is 0 Å². The molecule has 0 unspecified atom stereocenters. The Balaban J connectivity index is 1.90. The first-order valence-corrected chi connectivity index (χ1v) is 9.21. The van der Waals surface area contributed by atoms with E-state index in [2.05, 4.69) is 5.32 Å². The molecule has 0 radical (unpaired) electrons. The zero-order chi connectivity index (χ0) is 20.3. The van der Waals surface area contributed by atoms with Crippen molar-refractivity contribution in [1.29, 1.82) is 0 Å². The van der Waals surface area contributed by atoms with Crippen LogP contribution in [0.15, 0.2) is 42.5 Å². The molecule has 7 heteroatoms. The summed E-state index contributed by atoms with van der Waals surface area (Å²) in [6, 6.07) is 10.5. The Morgan fingerprint density at radius 3 is 2.29 bits per heavy atom. The Bertz CT molecular complexity index is 827. The minimum atomic E-state index is -4.48. The monoisotopic (exact) mass is 392 g/mol. The lowest BCUT2D eigenvalue weighted by molar-refractivity contribution is -0.137. The fourth-order valence-corrected chi connectivity index (χ4v) is 3.11. The molecule has 0 saturated carbocycles. The molecule has 0 bridgehead atoms. The van der Waals surface area contributed by atoms with Gasteiger partial charge in [-0.1, -0.05) is 26.0 Å². The van der Waals surface area contributed by atoms with Crippen LogP contribution in [0.4, 0.5) is 24.5 Å². The highest BCUT2D eigenvalue weighted by molar-refractivity contribution is 6.06. The van der Waals surface area contributed by atoms with Gasteiger partial charge in [0, 0.05) is 18.7 Å². The van der Waals surface area contributed by atoms with Crippen molar-refractivity contribution in [2.24, 2.45) is 0 Å². The van der Waals surface area contributed by atoms with Crippen molar-refractivity contribution in [3.63, 3.8) is 0 Å². The average Bonchev–Trinajstić information content (AvgIpc) is 2.68. The van der Waals surface area contributed by atoms with Crippen molar-refractivity contribution in [2.75, 3.05) is 36.5 Å². The van der Waals surface area contributed by atoms with Gasteiger partial charge in [0.25, 0.3) is 5.91 Å². The zero-order valence-electron chi connectivity index (χ0n) is 15.8. The summed E-state index contributed by atoms with van der Waals surface area (Å²) in [5.74, 6) is -0.113. The molecule has 0 aromatic heterocycles. The molecule has 1 amide bonds. The maximum atomic E-state index is 13.2. The molecule has 0 spiro atoms. The summed E-state index contributed by atoms with van der Waals surface area (Å²) in [6.07, 6.45) is -4.48. The van der Waals surface area contributed by atoms with Crippen molar-refractivity contribution < 1.29 is 22.7 Å². The molecule has 2 aromatic rings. The fraction of sp³-hybridized carbons (Fsp3) is 0.381. The molecule has 1 aliphatic heterocycles. The number of carbonyl (C=O) groups is 1. The number of halogens is 3. The number of benzene rings is 2. The molecule has 4 nitrogen and oxygen atoms in total. The Labute approximate surface area is 162 Å². The summed E-state index contributed by atoms with van der Waals surface area (Å²) in [7, 11) is 0. The van der Waals surface area contributed by atoms with E-state index in [1.807, 2.05) is 30.9 Å². The molecule has 0 atom stereocenters. The highest BCUT2D eigenvalue weighted by atomic mass is 19.4. The second kappa shape index (κ2) is 8.22. The summed E-state index contributed by atoms with van der Waals surface area (Å²) in [6.45, 7) is 6.18. The molecular formula is C21H23F3N2O2. The lowest BCUT2D eigenvalue weighted by atomic mass is 10.0. The lowest BCUT2D eigenvalue weighted by Gasteiger charge is -2.31. The second-order valence-corrected chi connectivity index (χ2v) is 7.06. The van der Waals surface area contributed by atoms with E-state index in [-0.39, 0.29) is 5.69 Å². The van der Waals surface area contributed by atoms with E-state index >= 15 is 0 Å². The first kappa shape index (κ1) is 20.2. The van der Waals surface area contributed by atoms with E-state index in [1.54, 1.807) is 12.1 Å². The van der Waals surface area contributed by atoms with Gasteiger partial charge in [0.1, 0.15) is 0 Å². The third kappa shape index (κ3) is 4.65. The second-order valence-electron chi connectivity index (χ2n) is 7.06. The summed E-state index contributed by atoms with van der Waals surface area (Å²) in [5, 5.41) is 2.66. The minimum Gasteiger partial charge on any atom is -0.378 e. The SMILES string of the molecule is CC(C)c1ccc(C(=O)Nc2cc(C(F)(F)F)ccc2N2CCOCC2)cc1. The lowest BCUT2D eigenvalue weighted by Crippen LogP contribution is -2.36. The number of alkyl halides is 3. The van der Waals surface area contributed by atoms with Crippen molar-refractivity contribution >= 4 is 17.3 Å². The average molecular weight is 392 g/mol. The maximum Gasteiger partial charge on any atom is 0.416 e. The minimum absolute atomic E-state index is 0.148. The van der Waals surface area contributed by atoms with Crippen molar-refractivity contribution in [3.8, 4) is 0 Å². The molecule has 28 heavy (non-hydrogen) atoms. The zero-order valence-corrected chi connectivity index (χ0v) is 15.8. The Hall–Kier alpha value is -2.54. The first-order valence-electron chi connectivity index (χ1n) is 9.21. The Kier molecular flexibility index (Phi) is 5.93. The third-order valence-corrected chi connectivity index (χ3v) is 4.76. The predicted octanol–water partition coefficient (Wildman–Crippen LogP) is 4.92. The number of nitrogens with one attached hydrogen (secondary N) is 1. The van der Waals surface area contributed by atoms with Crippen LogP contribution >= 0.6 is 0 Å². The Morgan fingerprint density at radius 1 is 1.07 bits per heavy atom. The van der Waals surface area contributed by atoms with Crippen LogP contribution in [0, 0.1) is 0 Å². The van der Waals surface area contributed by atoms with Crippen LogP contribution < -0.4 is 10.2 Å². The number of hydrogen-bond donors (Lipinski definition) is 1. The number of amides is 1. The van der Waals surface area contributed by atoms with Crippen molar-refractivity contribution in [3.05, 3.63) is 59.2 Å². The van der Waals surface area contributed by atoms with Crippen LogP contribution in [-0.4, -0.2) is 32.2 Å². The largest absolute Gasteiger partial charge is 0.416 e. The smallest absolute Gasteiger partial charge is 0.378 e. The van der Waals surface area contributed by atoms with Gasteiger partial charge in [0.05, 0.1) is 30.2 Å². The number of rotatable bonds is 4. The van der Waals surface area contributed by atoms with Crippen LogP contribution in [0.1, 0.15) is 41.3 Å². The fourth-order valence-electron chi connectivity index (χ4n) is 3.11. The molecule has 2 aromatic carbocycles. The quantitative estimate of drug-likeness (QED) is 0.803. The highest BCUT2D eigenvalue weighted by Gasteiger charge is 2.32. The van der Waals surface area contributed by atoms with Gasteiger partial charge in [-0.3, -0.25) is 4.79 Å². The molecule has 1 saturated heterocycles. The van der Waals surface area contributed by atoms with Gasteiger partial charge in [0.2, 0.25) is 0 Å². The van der Waals surface area contributed by atoms with E-state index in [1.165, 1.54) is 6.07 Å². The molecule has 0 aliphatic carbocycles. The molecule has 3 rings (SSSR count). The van der Waals surface area contributed by atoms with Crippen LogP contribution in [-0.2, 0) is 10.9 Å². The highest BCUT2D eigenvalue weighted by Crippen LogP contribution is 2.36. The number of hydrogen-bond acceptors (Lipinski definition) is 3. The summed E-state index contributed by atoms with van der Waals surface area (Å²) in [4.78, 5) is 14.6. The number of carbonyl (C=O) groups excluding carboxylic acids is 1. The molecular weight excluding hydrogens is 369 g/mol. The van der Waals surface area contributed by atoms with E-state index in [0.717, 1.165) is 17.7 Å². The first-order chi connectivity index (χ1) is 13.3. The number of nitrogens with zero attached hydrogens (tertiary/aromatic N) is 1. The van der Waals surface area contributed by atoms with E-state index in [9.17, 15) is 18.0 Å². The molecule has 1 N–H and O–H groups in total. The number of morpholine rings is 1. The van der Waals surface area contributed by atoms with Gasteiger partial charge < -0.3 is 15.0 Å². The maximum absolute atomic E-state index is 13.2.